The second kappa shape index (κ2) is 15.3. The average Bonchev–Trinajstić information content (AvgIpc) is 3.61. The van der Waals surface area contributed by atoms with Crippen molar-refractivity contribution in [1.82, 2.24) is 0 Å². The summed E-state index contributed by atoms with van der Waals surface area (Å²) in [6.45, 7) is 2.72. The van der Waals surface area contributed by atoms with Gasteiger partial charge in [-0.3, -0.25) is 9.59 Å². The highest BCUT2D eigenvalue weighted by Gasteiger charge is 2.47. The number of benzene rings is 3. The molecule has 50 heavy (non-hydrogen) atoms. The summed E-state index contributed by atoms with van der Waals surface area (Å²) in [5.74, 6) is -0.481. The zero-order chi connectivity index (χ0) is 35.1. The summed E-state index contributed by atoms with van der Waals surface area (Å²) < 4.78 is 8.01. The smallest absolute Gasteiger partial charge is 0.373 e. The number of carboxylic acid groups (broad SMARTS) is 2. The molecule has 1 aromatic heterocycles. The summed E-state index contributed by atoms with van der Waals surface area (Å²) in [5, 5.41) is 31.8. The van der Waals surface area contributed by atoms with Gasteiger partial charge in [0.2, 0.25) is 5.69 Å². The number of hydrogen-bond acceptors (Lipinski definition) is 5. The van der Waals surface area contributed by atoms with Gasteiger partial charge in [-0.15, -0.1) is 0 Å². The van der Waals surface area contributed by atoms with E-state index in [0.717, 1.165) is 65.7 Å². The third-order valence-electron chi connectivity index (χ3n) is 9.70. The van der Waals surface area contributed by atoms with Gasteiger partial charge in [-0.25, -0.2) is 0 Å². The summed E-state index contributed by atoms with van der Waals surface area (Å²) in [6.07, 6.45) is 16.2. The molecule has 0 radical (unpaired) electrons. The molecule has 8 heteroatoms. The van der Waals surface area contributed by atoms with E-state index in [1.807, 2.05) is 34.9 Å². The molecular formula is C42H42N3O5+. The third kappa shape index (κ3) is 7.04. The standard InChI is InChI=1S/C42H41N3O5/c1-2-3-25-42(28-30-11-5-4-6-12-30)37(44(26-23-39(46)47)35-20-19-32-13-7-8-14-33(32)41(35)42)21-17-31(29-43)18-22-38-45(27-24-40(48)49)34-15-9-10-16-36(34)50-38/h4-9,11-15,17-22H,2-3,10,16,23-28H2,1H3,(H-,46,47,48,49)/p+1. The largest absolute Gasteiger partial charge is 0.481 e. The second-order valence-corrected chi connectivity index (χ2v) is 12.9. The topological polar surface area (TPSA) is 119 Å². The molecule has 0 amide bonds. The van der Waals surface area contributed by atoms with Crippen molar-refractivity contribution in [3.63, 3.8) is 0 Å². The van der Waals surface area contributed by atoms with E-state index in [0.29, 0.717) is 17.9 Å². The van der Waals surface area contributed by atoms with Crippen molar-refractivity contribution in [1.29, 1.82) is 5.26 Å². The second-order valence-electron chi connectivity index (χ2n) is 12.9. The Bertz CT molecular complexity index is 2060. The lowest BCUT2D eigenvalue weighted by Crippen LogP contribution is -2.39. The van der Waals surface area contributed by atoms with E-state index in [1.165, 1.54) is 11.1 Å². The molecule has 3 aromatic carbocycles. The van der Waals surface area contributed by atoms with Crippen LogP contribution in [0.5, 0.6) is 0 Å². The minimum atomic E-state index is -0.897. The van der Waals surface area contributed by atoms with Gasteiger partial charge in [-0.2, -0.15) is 9.83 Å². The fraction of sp³-hybridized carbons (Fsp3) is 0.286. The quantitative estimate of drug-likeness (QED) is 0.0791. The normalized spacial score (nSPS) is 17.7. The number of unbranched alkanes of at least 4 members (excludes halogenated alkanes) is 1. The van der Waals surface area contributed by atoms with Crippen LogP contribution in [0.25, 0.3) is 22.9 Å². The van der Waals surface area contributed by atoms with E-state index in [9.17, 15) is 25.1 Å². The first kappa shape index (κ1) is 34.2. The van der Waals surface area contributed by atoms with Gasteiger partial charge >= 0.3 is 17.8 Å². The Morgan fingerprint density at radius 2 is 1.82 bits per heavy atom. The van der Waals surface area contributed by atoms with Crippen LogP contribution in [0.15, 0.2) is 107 Å². The molecule has 0 spiro atoms. The Morgan fingerprint density at radius 1 is 1.04 bits per heavy atom. The molecule has 1 atom stereocenters. The average molecular weight is 669 g/mol. The molecule has 0 bridgehead atoms. The van der Waals surface area contributed by atoms with Crippen LogP contribution >= 0.6 is 0 Å². The molecule has 0 saturated heterocycles. The maximum atomic E-state index is 12.0. The Hall–Kier alpha value is -5.68. The van der Waals surface area contributed by atoms with Crippen LogP contribution in [0.2, 0.25) is 0 Å². The summed E-state index contributed by atoms with van der Waals surface area (Å²) in [5.41, 5.74) is 5.10. The Labute approximate surface area is 292 Å². The van der Waals surface area contributed by atoms with Crippen molar-refractivity contribution in [3.05, 3.63) is 131 Å². The SMILES string of the molecule is CCCCC1(Cc2ccccc2)C(=CC=C(C#N)C=Cc2oc3c([n+]2CCC(=O)O)C=CCC3)N(CCC(=O)O)c2ccc3ccccc3c21. The number of anilines is 1. The van der Waals surface area contributed by atoms with Crippen molar-refractivity contribution in [2.75, 3.05) is 11.4 Å². The molecule has 254 valence electrons. The van der Waals surface area contributed by atoms with Crippen LogP contribution < -0.4 is 9.47 Å². The molecular weight excluding hydrogens is 626 g/mol. The fourth-order valence-corrected chi connectivity index (χ4v) is 7.44. The number of aryl methyl sites for hydroxylation is 1. The van der Waals surface area contributed by atoms with Gasteiger partial charge in [-0.1, -0.05) is 86.5 Å². The first-order valence-electron chi connectivity index (χ1n) is 17.3. The third-order valence-corrected chi connectivity index (χ3v) is 9.70. The van der Waals surface area contributed by atoms with Crippen LogP contribution in [-0.2, 0) is 34.4 Å². The molecule has 0 saturated carbocycles. The lowest BCUT2D eigenvalue weighted by atomic mass is 9.69. The Morgan fingerprint density at radius 3 is 2.58 bits per heavy atom. The van der Waals surface area contributed by atoms with Crippen LogP contribution in [0.3, 0.4) is 0 Å². The molecule has 6 rings (SSSR count). The molecule has 2 aliphatic rings. The van der Waals surface area contributed by atoms with Crippen molar-refractivity contribution in [2.45, 2.75) is 70.3 Å². The Kier molecular flexibility index (Phi) is 10.4. The van der Waals surface area contributed by atoms with Gasteiger partial charge in [0.1, 0.15) is 6.42 Å². The molecule has 8 nitrogen and oxygen atoms in total. The van der Waals surface area contributed by atoms with Crippen LogP contribution in [0.4, 0.5) is 5.69 Å². The van der Waals surface area contributed by atoms with Gasteiger partial charge in [0, 0.05) is 35.8 Å². The number of nitrogens with zero attached hydrogens (tertiary/aromatic N) is 3. The van der Waals surface area contributed by atoms with E-state index in [4.69, 9.17) is 4.42 Å². The highest BCUT2D eigenvalue weighted by Crippen LogP contribution is 2.55. The number of aromatic nitrogens is 1. The monoisotopic (exact) mass is 668 g/mol. The van der Waals surface area contributed by atoms with Crippen molar-refractivity contribution < 1.29 is 28.8 Å². The van der Waals surface area contributed by atoms with Gasteiger partial charge < -0.3 is 19.5 Å². The van der Waals surface area contributed by atoms with E-state index >= 15 is 0 Å². The van der Waals surface area contributed by atoms with E-state index < -0.39 is 17.4 Å². The minimum Gasteiger partial charge on any atom is -0.481 e. The predicted octanol–water partition coefficient (Wildman–Crippen LogP) is 8.17. The minimum absolute atomic E-state index is 0.0402. The van der Waals surface area contributed by atoms with Crippen LogP contribution in [0.1, 0.15) is 73.9 Å². The van der Waals surface area contributed by atoms with Gasteiger partial charge in [0.15, 0.2) is 12.3 Å². The number of hydrogen-bond donors (Lipinski definition) is 2. The number of carbonyl (C=O) groups is 2. The number of fused-ring (bicyclic) bond motifs is 4. The zero-order valence-electron chi connectivity index (χ0n) is 28.3. The van der Waals surface area contributed by atoms with Crippen molar-refractivity contribution in [3.8, 4) is 6.07 Å². The molecule has 2 N–H and O–H groups in total. The summed E-state index contributed by atoms with van der Waals surface area (Å²) in [7, 11) is 0. The highest BCUT2D eigenvalue weighted by atomic mass is 16.4. The molecule has 4 aromatic rings. The first-order valence-corrected chi connectivity index (χ1v) is 17.3. The summed E-state index contributed by atoms with van der Waals surface area (Å²) in [4.78, 5) is 25.5. The van der Waals surface area contributed by atoms with Gasteiger partial charge in [0.25, 0.3) is 0 Å². The Balaban J connectivity index is 1.50. The summed E-state index contributed by atoms with van der Waals surface area (Å²) in [6, 6.07) is 25.3. The van der Waals surface area contributed by atoms with Crippen LogP contribution in [0, 0.1) is 11.3 Å². The van der Waals surface area contributed by atoms with E-state index in [-0.39, 0.29) is 25.9 Å². The van der Waals surface area contributed by atoms with Crippen molar-refractivity contribution in [2.24, 2.45) is 0 Å². The van der Waals surface area contributed by atoms with Gasteiger partial charge in [0.05, 0.1) is 24.1 Å². The highest BCUT2D eigenvalue weighted by molar-refractivity contribution is 5.95. The number of allylic oxidation sites excluding steroid dienone is 6. The first-order chi connectivity index (χ1) is 24.3. The number of nitriles is 1. The maximum absolute atomic E-state index is 12.0. The lowest BCUT2D eigenvalue weighted by molar-refractivity contribution is -0.702. The number of rotatable bonds is 14. The fourth-order valence-electron chi connectivity index (χ4n) is 7.44. The molecule has 1 aliphatic carbocycles. The van der Waals surface area contributed by atoms with E-state index in [2.05, 4.69) is 78.6 Å². The molecule has 2 heterocycles. The van der Waals surface area contributed by atoms with Crippen LogP contribution in [-0.4, -0.2) is 28.7 Å². The molecule has 1 unspecified atom stereocenters. The number of carboxylic acids is 2. The molecule has 1 aliphatic heterocycles. The number of aliphatic carboxylic acids is 2. The molecule has 0 fully saturated rings. The predicted molar refractivity (Wildman–Crippen MR) is 194 cm³/mol. The van der Waals surface area contributed by atoms with E-state index in [1.54, 1.807) is 12.2 Å². The summed E-state index contributed by atoms with van der Waals surface area (Å²) >= 11 is 0. The maximum Gasteiger partial charge on any atom is 0.373 e. The van der Waals surface area contributed by atoms with Gasteiger partial charge in [-0.05, 0) is 65.5 Å². The zero-order valence-corrected chi connectivity index (χ0v) is 28.3. The lowest BCUT2D eigenvalue weighted by Gasteiger charge is -2.35. The number of oxazole rings is 1. The van der Waals surface area contributed by atoms with Crippen molar-refractivity contribution >= 4 is 40.6 Å².